The van der Waals surface area contributed by atoms with Gasteiger partial charge in [-0.15, -0.1) is 0 Å². The number of carbonyl (C=O) groups excluding carboxylic acids is 4. The molecule has 2 rings (SSSR count). The van der Waals surface area contributed by atoms with Crippen LogP contribution in [0, 0.1) is 0 Å². The molecule has 0 heterocycles. The van der Waals surface area contributed by atoms with E-state index in [0.29, 0.717) is 6.42 Å². The average Bonchev–Trinajstić information content (AvgIpc) is 2.80. The molecule has 0 aromatic heterocycles. The highest BCUT2D eigenvalue weighted by Crippen LogP contribution is 2.35. The molecule has 2 aliphatic rings. The highest BCUT2D eigenvalue weighted by atomic mass is 16.3. The molecule has 33 heavy (non-hydrogen) atoms. The van der Waals surface area contributed by atoms with Gasteiger partial charge in [0.15, 0.2) is 23.0 Å². The van der Waals surface area contributed by atoms with Crippen molar-refractivity contribution in [3.05, 3.63) is 45.3 Å². The third-order valence-electron chi connectivity index (χ3n) is 6.04. The fourth-order valence-corrected chi connectivity index (χ4v) is 4.09. The maximum absolute atomic E-state index is 12.7. The van der Waals surface area contributed by atoms with E-state index in [1.807, 2.05) is 0 Å². The van der Waals surface area contributed by atoms with Crippen molar-refractivity contribution in [2.24, 2.45) is 0 Å². The summed E-state index contributed by atoms with van der Waals surface area (Å²) in [6.45, 7) is 3.64. The van der Waals surface area contributed by atoms with Crippen LogP contribution in [0.15, 0.2) is 45.3 Å². The fourth-order valence-electron chi connectivity index (χ4n) is 4.09. The lowest BCUT2D eigenvalue weighted by atomic mass is 9.81. The zero-order valence-electron chi connectivity index (χ0n) is 19.2. The molecule has 0 unspecified atom stereocenters. The molecule has 180 valence electrons. The van der Waals surface area contributed by atoms with E-state index in [2.05, 4.69) is 6.92 Å². The van der Waals surface area contributed by atoms with E-state index in [1.54, 1.807) is 0 Å². The second kappa shape index (κ2) is 11.6. The smallest absolute Gasteiger partial charge is 0.232 e. The Labute approximate surface area is 193 Å². The molecular weight excluding hydrogens is 428 g/mol. The van der Waals surface area contributed by atoms with Crippen molar-refractivity contribution in [3.8, 4) is 0 Å². The van der Waals surface area contributed by atoms with E-state index >= 15 is 0 Å². The minimum atomic E-state index is -1.28. The summed E-state index contributed by atoms with van der Waals surface area (Å²) in [5.41, 5.74) is -2.58. The predicted molar refractivity (Wildman–Crippen MR) is 121 cm³/mol. The molecule has 0 saturated heterocycles. The number of aliphatic hydroxyl groups excluding tert-OH is 4. The number of rotatable bonds is 12. The molecule has 0 amide bonds. The van der Waals surface area contributed by atoms with Crippen LogP contribution in [0.25, 0.3) is 0 Å². The van der Waals surface area contributed by atoms with E-state index in [9.17, 15) is 39.6 Å². The Morgan fingerprint density at radius 3 is 1.33 bits per heavy atom. The first-order valence-electron chi connectivity index (χ1n) is 11.6. The quantitative estimate of drug-likeness (QED) is 0.238. The molecule has 0 radical (unpaired) electrons. The first kappa shape index (κ1) is 26.1. The minimum absolute atomic E-state index is 0.0559. The lowest BCUT2D eigenvalue weighted by Crippen LogP contribution is -2.32. The summed E-state index contributed by atoms with van der Waals surface area (Å²) < 4.78 is 0. The van der Waals surface area contributed by atoms with Crippen molar-refractivity contribution in [2.75, 3.05) is 0 Å². The zero-order valence-corrected chi connectivity index (χ0v) is 19.2. The number of Topliss-reactive ketones (excluding diaryl/α,β-unsaturated/α-hetero) is 4. The van der Waals surface area contributed by atoms with Crippen molar-refractivity contribution < 1.29 is 39.6 Å². The summed E-state index contributed by atoms with van der Waals surface area (Å²) in [5, 5.41) is 40.9. The summed E-state index contributed by atoms with van der Waals surface area (Å²) in [6.07, 6.45) is 9.25. The van der Waals surface area contributed by atoms with Crippen molar-refractivity contribution in [3.63, 3.8) is 0 Å². The summed E-state index contributed by atoms with van der Waals surface area (Å²) in [4.78, 5) is 50.1. The largest absolute Gasteiger partial charge is 0.504 e. The van der Waals surface area contributed by atoms with E-state index < -0.39 is 57.3 Å². The van der Waals surface area contributed by atoms with E-state index in [4.69, 9.17) is 0 Å². The van der Waals surface area contributed by atoms with Gasteiger partial charge >= 0.3 is 0 Å². The van der Waals surface area contributed by atoms with Gasteiger partial charge in [0.1, 0.15) is 0 Å². The Morgan fingerprint density at radius 1 is 0.485 bits per heavy atom. The average molecular weight is 461 g/mol. The van der Waals surface area contributed by atoms with E-state index in [1.165, 1.54) is 32.6 Å². The first-order valence-corrected chi connectivity index (χ1v) is 11.6. The Balaban J connectivity index is 2.11. The molecule has 0 aliphatic heterocycles. The van der Waals surface area contributed by atoms with Crippen LogP contribution in [-0.2, 0) is 19.2 Å². The number of ketones is 4. The normalized spacial score (nSPS) is 17.8. The van der Waals surface area contributed by atoms with Crippen molar-refractivity contribution >= 4 is 23.1 Å². The summed E-state index contributed by atoms with van der Waals surface area (Å²) in [7, 11) is 0. The molecule has 0 bridgehead atoms. The van der Waals surface area contributed by atoms with Crippen LogP contribution in [-0.4, -0.2) is 43.6 Å². The number of hydrogen-bond acceptors (Lipinski definition) is 8. The van der Waals surface area contributed by atoms with Crippen LogP contribution in [0.2, 0.25) is 0 Å². The molecule has 0 atom stereocenters. The Bertz CT molecular complexity index is 974. The van der Waals surface area contributed by atoms with Crippen LogP contribution < -0.4 is 0 Å². The standard InChI is InChI=1S/C25H32O8/c1-3-5-6-7-8-9-10-11-12-13-15-20(28)24(32)17(25(33)21(15)29)16-22(30)18(26)14(4-2)19(27)23(16)31/h26,28,31,33H,3-13H2,1-2H3. The zero-order chi connectivity index (χ0) is 24.7. The topological polar surface area (TPSA) is 149 Å². The Kier molecular flexibility index (Phi) is 9.20. The van der Waals surface area contributed by atoms with Crippen LogP contribution in [0.3, 0.4) is 0 Å². The Morgan fingerprint density at radius 2 is 0.879 bits per heavy atom. The van der Waals surface area contributed by atoms with Gasteiger partial charge in [-0.25, -0.2) is 0 Å². The lowest BCUT2D eigenvalue weighted by molar-refractivity contribution is -0.122. The van der Waals surface area contributed by atoms with Gasteiger partial charge in [0.25, 0.3) is 0 Å². The SMILES string of the molecule is CCCCCCCCCCCC1=C(O)C(=O)C(C2=C(O)C(=O)C(CC)=C(O)C2=O)=C(O)C1=O. The summed E-state index contributed by atoms with van der Waals surface area (Å²) in [5.74, 6) is -8.87. The van der Waals surface area contributed by atoms with Crippen LogP contribution in [0.1, 0.15) is 84.5 Å². The molecule has 8 heteroatoms. The molecule has 2 aliphatic carbocycles. The van der Waals surface area contributed by atoms with Crippen molar-refractivity contribution in [2.45, 2.75) is 84.5 Å². The molecule has 4 N–H and O–H groups in total. The van der Waals surface area contributed by atoms with Gasteiger partial charge in [-0.2, -0.15) is 0 Å². The number of hydrogen-bond donors (Lipinski definition) is 4. The molecule has 0 fully saturated rings. The third-order valence-corrected chi connectivity index (χ3v) is 6.04. The lowest BCUT2D eigenvalue weighted by Gasteiger charge is -2.22. The third kappa shape index (κ3) is 5.43. The first-order chi connectivity index (χ1) is 15.7. The van der Waals surface area contributed by atoms with Gasteiger partial charge in [-0.05, 0) is 19.3 Å². The maximum atomic E-state index is 12.7. The van der Waals surface area contributed by atoms with Gasteiger partial charge < -0.3 is 20.4 Å². The van der Waals surface area contributed by atoms with E-state index in [-0.39, 0.29) is 24.0 Å². The predicted octanol–water partition coefficient (Wildman–Crippen LogP) is 4.87. The molecule has 8 nitrogen and oxygen atoms in total. The molecule has 0 aromatic carbocycles. The summed E-state index contributed by atoms with van der Waals surface area (Å²) >= 11 is 0. The Hall–Kier alpha value is -3.16. The van der Waals surface area contributed by atoms with E-state index in [0.717, 1.165) is 25.7 Å². The number of aliphatic hydroxyl groups is 4. The highest BCUT2D eigenvalue weighted by Gasteiger charge is 2.44. The number of allylic oxidation sites excluding steroid dienone is 4. The van der Waals surface area contributed by atoms with Crippen molar-refractivity contribution in [1.29, 1.82) is 0 Å². The van der Waals surface area contributed by atoms with Crippen molar-refractivity contribution in [1.82, 2.24) is 0 Å². The summed E-state index contributed by atoms with van der Waals surface area (Å²) in [6, 6.07) is 0. The second-order valence-corrected chi connectivity index (χ2v) is 8.35. The van der Waals surface area contributed by atoms with Gasteiger partial charge in [0.05, 0.1) is 11.1 Å². The van der Waals surface area contributed by atoms with Crippen LogP contribution in [0.5, 0.6) is 0 Å². The monoisotopic (exact) mass is 460 g/mol. The second-order valence-electron chi connectivity index (χ2n) is 8.35. The van der Waals surface area contributed by atoms with Gasteiger partial charge in [-0.1, -0.05) is 65.2 Å². The van der Waals surface area contributed by atoms with Gasteiger partial charge in [0, 0.05) is 11.1 Å². The number of unbranched alkanes of at least 4 members (excludes halogenated alkanes) is 8. The van der Waals surface area contributed by atoms with Gasteiger partial charge in [0.2, 0.25) is 23.1 Å². The fraction of sp³-hybridized carbons (Fsp3) is 0.520. The van der Waals surface area contributed by atoms with Gasteiger partial charge in [-0.3, -0.25) is 19.2 Å². The minimum Gasteiger partial charge on any atom is -0.504 e. The molecule has 0 saturated carbocycles. The number of carbonyl (C=O) groups is 4. The molecule has 0 spiro atoms. The molecule has 0 aromatic rings. The van der Waals surface area contributed by atoms with Crippen LogP contribution in [0.4, 0.5) is 0 Å². The van der Waals surface area contributed by atoms with Crippen LogP contribution >= 0.6 is 0 Å². The molecular formula is C25H32O8. The maximum Gasteiger partial charge on any atom is 0.232 e. The highest BCUT2D eigenvalue weighted by molar-refractivity contribution is 6.33.